The number of benzene rings is 1. The zero-order chi connectivity index (χ0) is 13.9. The van der Waals surface area contributed by atoms with Crippen LogP contribution in [0, 0.1) is 0 Å². The Hall–Kier alpha value is -1.38. The van der Waals surface area contributed by atoms with Gasteiger partial charge < -0.3 is 5.32 Å². The molecule has 0 bridgehead atoms. The standard InChI is InChI=1S/C17H19ClN2/c1-2-19-16(13-5-8-14(18)9-6-13)15-10-7-12-4-3-11-20-17(12)15/h3-6,8-9,11,15-16,19H,2,7,10H2,1H3. The molecule has 2 atom stereocenters. The number of rotatable bonds is 4. The molecule has 0 aliphatic heterocycles. The van der Waals surface area contributed by atoms with Crippen LogP contribution in [0.1, 0.15) is 42.1 Å². The Morgan fingerprint density at radius 3 is 2.85 bits per heavy atom. The van der Waals surface area contributed by atoms with Crippen molar-refractivity contribution in [2.24, 2.45) is 0 Å². The zero-order valence-electron chi connectivity index (χ0n) is 11.6. The maximum atomic E-state index is 6.00. The fourth-order valence-electron chi connectivity index (χ4n) is 3.15. The number of pyridine rings is 1. The van der Waals surface area contributed by atoms with E-state index in [1.807, 2.05) is 24.4 Å². The first-order valence-electron chi connectivity index (χ1n) is 7.22. The van der Waals surface area contributed by atoms with Gasteiger partial charge in [-0.3, -0.25) is 4.98 Å². The highest BCUT2D eigenvalue weighted by Crippen LogP contribution is 2.40. The predicted molar refractivity (Wildman–Crippen MR) is 83.2 cm³/mol. The van der Waals surface area contributed by atoms with Crippen molar-refractivity contribution in [3.05, 3.63) is 64.4 Å². The lowest BCUT2D eigenvalue weighted by Crippen LogP contribution is -2.26. The third-order valence-corrected chi connectivity index (χ3v) is 4.31. The largest absolute Gasteiger partial charge is 0.310 e. The smallest absolute Gasteiger partial charge is 0.0485 e. The number of nitrogens with one attached hydrogen (secondary N) is 1. The molecule has 3 rings (SSSR count). The molecule has 1 aromatic heterocycles. The van der Waals surface area contributed by atoms with Gasteiger partial charge in [-0.2, -0.15) is 0 Å². The summed E-state index contributed by atoms with van der Waals surface area (Å²) in [6, 6.07) is 12.7. The molecule has 3 heteroatoms. The molecule has 1 aliphatic rings. The van der Waals surface area contributed by atoms with E-state index in [4.69, 9.17) is 11.6 Å². The second kappa shape index (κ2) is 5.94. The normalized spacial score (nSPS) is 18.8. The Bertz CT molecular complexity index is 580. The average Bonchev–Trinajstić information content (AvgIpc) is 2.90. The van der Waals surface area contributed by atoms with Crippen molar-refractivity contribution < 1.29 is 0 Å². The van der Waals surface area contributed by atoms with Gasteiger partial charge in [0.1, 0.15) is 0 Å². The molecule has 0 amide bonds. The number of hydrogen-bond acceptors (Lipinski definition) is 2. The molecule has 2 unspecified atom stereocenters. The van der Waals surface area contributed by atoms with Gasteiger partial charge in [0.05, 0.1) is 0 Å². The van der Waals surface area contributed by atoms with E-state index in [1.165, 1.54) is 16.8 Å². The number of halogens is 1. The van der Waals surface area contributed by atoms with E-state index in [9.17, 15) is 0 Å². The summed E-state index contributed by atoms with van der Waals surface area (Å²) in [5.41, 5.74) is 3.95. The van der Waals surface area contributed by atoms with E-state index < -0.39 is 0 Å². The number of nitrogens with zero attached hydrogens (tertiary/aromatic N) is 1. The number of fused-ring (bicyclic) bond motifs is 1. The van der Waals surface area contributed by atoms with E-state index >= 15 is 0 Å². The minimum Gasteiger partial charge on any atom is -0.310 e. The lowest BCUT2D eigenvalue weighted by atomic mass is 9.90. The molecule has 2 aromatic rings. The van der Waals surface area contributed by atoms with Crippen molar-refractivity contribution in [3.63, 3.8) is 0 Å². The van der Waals surface area contributed by atoms with Gasteiger partial charge in [-0.05, 0) is 48.7 Å². The van der Waals surface area contributed by atoms with Gasteiger partial charge >= 0.3 is 0 Å². The Morgan fingerprint density at radius 2 is 2.10 bits per heavy atom. The summed E-state index contributed by atoms with van der Waals surface area (Å²) in [4.78, 5) is 4.62. The van der Waals surface area contributed by atoms with Crippen LogP contribution >= 0.6 is 11.6 Å². The molecule has 20 heavy (non-hydrogen) atoms. The molecular formula is C17H19ClN2. The van der Waals surface area contributed by atoms with Crippen LogP contribution in [0.15, 0.2) is 42.6 Å². The van der Waals surface area contributed by atoms with Crippen molar-refractivity contribution in [2.45, 2.75) is 31.7 Å². The molecular weight excluding hydrogens is 268 g/mol. The summed E-state index contributed by atoms with van der Waals surface area (Å²) in [7, 11) is 0. The minimum atomic E-state index is 0.313. The van der Waals surface area contributed by atoms with Crippen molar-refractivity contribution in [2.75, 3.05) is 6.54 Å². The maximum absolute atomic E-state index is 6.00. The van der Waals surface area contributed by atoms with Crippen molar-refractivity contribution in [1.29, 1.82) is 0 Å². The van der Waals surface area contributed by atoms with Gasteiger partial charge in [0.15, 0.2) is 0 Å². The molecule has 1 aromatic carbocycles. The molecule has 1 aliphatic carbocycles. The molecule has 1 heterocycles. The monoisotopic (exact) mass is 286 g/mol. The lowest BCUT2D eigenvalue weighted by molar-refractivity contribution is 0.447. The van der Waals surface area contributed by atoms with Crippen molar-refractivity contribution in [3.8, 4) is 0 Å². The van der Waals surface area contributed by atoms with E-state index in [0.717, 1.165) is 24.4 Å². The van der Waals surface area contributed by atoms with Crippen molar-refractivity contribution in [1.82, 2.24) is 10.3 Å². The fourth-order valence-corrected chi connectivity index (χ4v) is 3.28. The SMILES string of the molecule is CCNC(c1ccc(Cl)cc1)C1CCc2cccnc21. The first-order valence-corrected chi connectivity index (χ1v) is 7.60. The Labute approximate surface area is 125 Å². The quantitative estimate of drug-likeness (QED) is 0.915. The fraction of sp³-hybridized carbons (Fsp3) is 0.353. The third kappa shape index (κ3) is 2.58. The summed E-state index contributed by atoms with van der Waals surface area (Å²) < 4.78 is 0. The summed E-state index contributed by atoms with van der Waals surface area (Å²) in [6.07, 6.45) is 4.19. The maximum Gasteiger partial charge on any atom is 0.0485 e. The molecule has 104 valence electrons. The molecule has 0 saturated heterocycles. The summed E-state index contributed by atoms with van der Waals surface area (Å²) in [5.74, 6) is 0.451. The predicted octanol–water partition coefficient (Wildman–Crippen LogP) is 4.12. The van der Waals surface area contributed by atoms with Gasteiger partial charge in [0.25, 0.3) is 0 Å². The highest BCUT2D eigenvalue weighted by atomic mass is 35.5. The average molecular weight is 287 g/mol. The van der Waals surface area contributed by atoms with Crippen LogP contribution in [0.5, 0.6) is 0 Å². The van der Waals surface area contributed by atoms with Crippen LogP contribution < -0.4 is 5.32 Å². The topological polar surface area (TPSA) is 24.9 Å². The van der Waals surface area contributed by atoms with Crippen molar-refractivity contribution >= 4 is 11.6 Å². The summed E-state index contributed by atoms with van der Waals surface area (Å²) in [5, 5.41) is 4.40. The van der Waals surface area contributed by atoms with E-state index in [-0.39, 0.29) is 0 Å². The number of aryl methyl sites for hydroxylation is 1. The lowest BCUT2D eigenvalue weighted by Gasteiger charge is -2.25. The van der Waals surface area contributed by atoms with Crippen LogP contribution in [0.2, 0.25) is 5.02 Å². The Morgan fingerprint density at radius 1 is 1.30 bits per heavy atom. The number of likely N-dealkylation sites (N-methyl/N-ethyl adjacent to an activating group) is 1. The highest BCUT2D eigenvalue weighted by molar-refractivity contribution is 6.30. The summed E-state index contributed by atoms with van der Waals surface area (Å²) >= 11 is 6.00. The van der Waals surface area contributed by atoms with Gasteiger partial charge in [0.2, 0.25) is 0 Å². The van der Waals surface area contributed by atoms with E-state index in [1.54, 1.807) is 0 Å². The van der Waals surface area contributed by atoms with Crippen LogP contribution in [-0.2, 0) is 6.42 Å². The van der Waals surface area contributed by atoms with Gasteiger partial charge in [-0.1, -0.05) is 36.7 Å². The number of hydrogen-bond donors (Lipinski definition) is 1. The van der Waals surface area contributed by atoms with Crippen LogP contribution in [0.3, 0.4) is 0 Å². The van der Waals surface area contributed by atoms with E-state index in [0.29, 0.717) is 12.0 Å². The number of aromatic nitrogens is 1. The second-order valence-electron chi connectivity index (χ2n) is 5.28. The van der Waals surface area contributed by atoms with Crippen LogP contribution in [0.25, 0.3) is 0 Å². The Kier molecular flexibility index (Phi) is 4.04. The van der Waals surface area contributed by atoms with Crippen LogP contribution in [-0.4, -0.2) is 11.5 Å². The second-order valence-corrected chi connectivity index (χ2v) is 5.72. The minimum absolute atomic E-state index is 0.313. The third-order valence-electron chi connectivity index (χ3n) is 4.06. The van der Waals surface area contributed by atoms with Gasteiger partial charge in [-0.25, -0.2) is 0 Å². The Balaban J connectivity index is 1.94. The molecule has 0 fully saturated rings. The van der Waals surface area contributed by atoms with Gasteiger partial charge in [-0.15, -0.1) is 0 Å². The first-order chi connectivity index (χ1) is 9.79. The van der Waals surface area contributed by atoms with Gasteiger partial charge in [0, 0.05) is 28.9 Å². The zero-order valence-corrected chi connectivity index (χ0v) is 12.4. The van der Waals surface area contributed by atoms with Crippen LogP contribution in [0.4, 0.5) is 0 Å². The highest BCUT2D eigenvalue weighted by Gasteiger charge is 2.31. The molecule has 2 nitrogen and oxygen atoms in total. The summed E-state index contributed by atoms with van der Waals surface area (Å²) in [6.45, 7) is 3.10. The first kappa shape index (κ1) is 13.6. The molecule has 0 saturated carbocycles. The molecule has 0 spiro atoms. The molecule has 0 radical (unpaired) electrons. The van der Waals surface area contributed by atoms with E-state index in [2.05, 4.69) is 35.4 Å². The molecule has 1 N–H and O–H groups in total.